The van der Waals surface area contributed by atoms with Crippen LogP contribution in [-0.2, 0) is 23.1 Å². The average molecular weight is 508 g/mol. The number of aryl methyl sites for hydroxylation is 1. The van der Waals surface area contributed by atoms with Crippen molar-refractivity contribution in [3.8, 4) is 9.88 Å². The third-order valence-corrected chi connectivity index (χ3v) is 7.79. The van der Waals surface area contributed by atoms with Crippen LogP contribution in [0.5, 0.6) is 0 Å². The van der Waals surface area contributed by atoms with Gasteiger partial charge in [0.2, 0.25) is 5.13 Å². The minimum absolute atomic E-state index is 0.136. The van der Waals surface area contributed by atoms with Crippen molar-refractivity contribution in [2.75, 3.05) is 10.0 Å². The van der Waals surface area contributed by atoms with E-state index in [9.17, 15) is 8.42 Å². The topological polar surface area (TPSA) is 117 Å². The van der Waals surface area contributed by atoms with Crippen LogP contribution in [0.25, 0.3) is 9.88 Å². The van der Waals surface area contributed by atoms with Gasteiger partial charge in [0.05, 0.1) is 22.3 Å². The Morgan fingerprint density at radius 3 is 2.62 bits per heavy atom. The number of anilines is 2. The Hall–Kier alpha value is -2.38. The molecule has 0 amide bonds. The van der Waals surface area contributed by atoms with Crippen molar-refractivity contribution in [2.24, 2.45) is 0 Å². The van der Waals surface area contributed by atoms with Crippen molar-refractivity contribution >= 4 is 55.1 Å². The lowest BCUT2D eigenvalue weighted by Crippen LogP contribution is -2.14. The minimum Gasteiger partial charge on any atom is -0.351 e. The molecule has 0 saturated heterocycles. The lowest BCUT2D eigenvalue weighted by molar-refractivity contribution is 0.489. The molecule has 3 heterocycles. The van der Waals surface area contributed by atoms with E-state index in [4.69, 9.17) is 9.54 Å². The molecule has 1 atom stereocenters. The van der Waals surface area contributed by atoms with Gasteiger partial charge >= 0.3 is 10.3 Å². The largest absolute Gasteiger partial charge is 0.357 e. The molecule has 4 rings (SSSR count). The highest BCUT2D eigenvalue weighted by atomic mass is 32.2. The Morgan fingerprint density at radius 1 is 1.12 bits per heavy atom. The highest BCUT2D eigenvalue weighted by Gasteiger charge is 2.19. The van der Waals surface area contributed by atoms with Gasteiger partial charge in [0.1, 0.15) is 10.0 Å². The highest BCUT2D eigenvalue weighted by molar-refractivity contribution is 7.87. The smallest absolute Gasteiger partial charge is 0.351 e. The van der Waals surface area contributed by atoms with Crippen molar-refractivity contribution in [3.05, 3.63) is 63.4 Å². The fraction of sp³-hybridized carbons (Fsp3) is 0.250. The van der Waals surface area contributed by atoms with E-state index in [1.165, 1.54) is 0 Å². The SMILES string of the molecule is CCCc1nnc(NC(Cc2ccc(NS(=O)(=O)O)cc2)c2csc(-c3cccs3)n2)s1. The molecule has 0 bridgehead atoms. The number of nitrogens with zero attached hydrogens (tertiary/aromatic N) is 3. The van der Waals surface area contributed by atoms with Crippen LogP contribution in [-0.4, -0.2) is 28.2 Å². The van der Waals surface area contributed by atoms with E-state index in [1.807, 2.05) is 23.6 Å². The van der Waals surface area contributed by atoms with E-state index >= 15 is 0 Å². The molecule has 3 N–H and O–H groups in total. The molecule has 0 aliphatic carbocycles. The summed E-state index contributed by atoms with van der Waals surface area (Å²) in [5.74, 6) is 0. The van der Waals surface area contributed by atoms with Gasteiger partial charge in [-0.25, -0.2) is 4.98 Å². The van der Waals surface area contributed by atoms with Gasteiger partial charge in [0.25, 0.3) is 0 Å². The number of aromatic nitrogens is 3. The lowest BCUT2D eigenvalue weighted by atomic mass is 10.0. The summed E-state index contributed by atoms with van der Waals surface area (Å²) in [5, 5.41) is 18.8. The summed E-state index contributed by atoms with van der Waals surface area (Å²) in [4.78, 5) is 5.98. The van der Waals surface area contributed by atoms with Gasteiger partial charge in [-0.15, -0.1) is 32.9 Å². The Labute approximate surface area is 198 Å². The molecule has 168 valence electrons. The van der Waals surface area contributed by atoms with Crippen LogP contribution in [0.2, 0.25) is 0 Å². The van der Waals surface area contributed by atoms with Crippen LogP contribution >= 0.6 is 34.0 Å². The zero-order valence-corrected chi connectivity index (χ0v) is 20.3. The average Bonchev–Trinajstić information content (AvgIpc) is 3.50. The van der Waals surface area contributed by atoms with E-state index in [2.05, 4.69) is 38.6 Å². The van der Waals surface area contributed by atoms with Gasteiger partial charge in [-0.05, 0) is 42.0 Å². The molecular weight excluding hydrogens is 487 g/mol. The number of benzene rings is 1. The molecule has 8 nitrogen and oxygen atoms in total. The number of thiophene rings is 1. The van der Waals surface area contributed by atoms with Crippen LogP contribution in [0.4, 0.5) is 10.8 Å². The third kappa shape index (κ3) is 6.11. The second-order valence-corrected chi connectivity index (χ2v) is 11.0. The third-order valence-electron chi connectivity index (χ3n) is 4.48. The zero-order valence-electron chi connectivity index (χ0n) is 17.1. The zero-order chi connectivity index (χ0) is 22.6. The fourth-order valence-electron chi connectivity index (χ4n) is 3.06. The van der Waals surface area contributed by atoms with E-state index in [0.717, 1.165) is 44.1 Å². The van der Waals surface area contributed by atoms with E-state index in [0.29, 0.717) is 12.1 Å². The maximum Gasteiger partial charge on any atom is 0.357 e. The lowest BCUT2D eigenvalue weighted by Gasteiger charge is -2.16. The van der Waals surface area contributed by atoms with Gasteiger partial charge in [0, 0.05) is 11.8 Å². The molecular formula is C20H21N5O3S4. The molecule has 1 unspecified atom stereocenters. The molecule has 3 aromatic heterocycles. The molecule has 0 spiro atoms. The number of nitrogens with one attached hydrogen (secondary N) is 2. The number of thiazole rings is 1. The normalized spacial score (nSPS) is 12.6. The van der Waals surface area contributed by atoms with Gasteiger partial charge in [-0.1, -0.05) is 36.5 Å². The molecule has 0 saturated carbocycles. The molecule has 12 heteroatoms. The summed E-state index contributed by atoms with van der Waals surface area (Å²) in [6.45, 7) is 2.11. The maximum absolute atomic E-state index is 11.0. The molecule has 0 radical (unpaired) electrons. The molecule has 0 fully saturated rings. The summed E-state index contributed by atoms with van der Waals surface area (Å²) < 4.78 is 33.0. The fourth-order valence-corrected chi connectivity index (χ4v) is 6.07. The summed E-state index contributed by atoms with van der Waals surface area (Å²) in [6, 6.07) is 10.8. The standard InChI is InChI=1S/C20H21N5O3S4/c1-2-4-18-23-24-20(31-18)22-15(16-12-30-19(21-16)17-5-3-10-29-17)11-13-6-8-14(9-7-13)25-32(26,27)28/h3,5-10,12,15,25H,2,4,11H2,1H3,(H,22,24)(H,26,27,28). The number of hydrogen-bond acceptors (Lipinski definition) is 9. The van der Waals surface area contributed by atoms with Crippen molar-refractivity contribution in [1.29, 1.82) is 0 Å². The Balaban J connectivity index is 1.57. The molecule has 4 aromatic rings. The van der Waals surface area contributed by atoms with Crippen molar-refractivity contribution in [3.63, 3.8) is 0 Å². The van der Waals surface area contributed by atoms with Crippen LogP contribution in [0.3, 0.4) is 0 Å². The van der Waals surface area contributed by atoms with Gasteiger partial charge in [-0.2, -0.15) is 8.42 Å². The first kappa shape index (κ1) is 22.8. The second-order valence-electron chi connectivity index (χ2n) is 6.98. The van der Waals surface area contributed by atoms with Gasteiger partial charge < -0.3 is 5.32 Å². The highest BCUT2D eigenvalue weighted by Crippen LogP contribution is 2.32. The summed E-state index contributed by atoms with van der Waals surface area (Å²) in [6.07, 6.45) is 2.52. The Morgan fingerprint density at radius 2 is 1.94 bits per heavy atom. The van der Waals surface area contributed by atoms with E-state index in [-0.39, 0.29) is 6.04 Å². The van der Waals surface area contributed by atoms with Crippen molar-refractivity contribution < 1.29 is 13.0 Å². The Kier molecular flexibility index (Phi) is 7.16. The predicted molar refractivity (Wildman–Crippen MR) is 131 cm³/mol. The second kappa shape index (κ2) is 10.0. The predicted octanol–water partition coefficient (Wildman–Crippen LogP) is 5.29. The first-order valence-electron chi connectivity index (χ1n) is 9.82. The monoisotopic (exact) mass is 507 g/mol. The summed E-state index contributed by atoms with van der Waals surface area (Å²) >= 11 is 4.80. The van der Waals surface area contributed by atoms with Crippen LogP contribution < -0.4 is 10.0 Å². The van der Waals surface area contributed by atoms with Gasteiger partial charge in [-0.3, -0.25) is 9.27 Å². The summed E-state index contributed by atoms with van der Waals surface area (Å²) in [5.41, 5.74) is 2.18. The van der Waals surface area contributed by atoms with E-state index in [1.54, 1.807) is 46.1 Å². The van der Waals surface area contributed by atoms with Crippen LogP contribution in [0.1, 0.15) is 35.7 Å². The minimum atomic E-state index is -4.30. The number of hydrogen-bond donors (Lipinski definition) is 3. The summed E-state index contributed by atoms with van der Waals surface area (Å²) in [7, 11) is -4.30. The van der Waals surface area contributed by atoms with Crippen LogP contribution in [0.15, 0.2) is 47.2 Å². The molecule has 0 aliphatic rings. The Bertz CT molecular complexity index is 1250. The molecule has 1 aromatic carbocycles. The maximum atomic E-state index is 11.0. The van der Waals surface area contributed by atoms with Crippen molar-refractivity contribution in [2.45, 2.75) is 32.2 Å². The molecule has 0 aliphatic heterocycles. The first-order chi connectivity index (χ1) is 15.4. The van der Waals surface area contributed by atoms with Crippen LogP contribution in [0, 0.1) is 0 Å². The quantitative estimate of drug-likeness (QED) is 0.250. The number of rotatable bonds is 10. The molecule has 32 heavy (non-hydrogen) atoms. The van der Waals surface area contributed by atoms with Crippen molar-refractivity contribution in [1.82, 2.24) is 15.2 Å². The van der Waals surface area contributed by atoms with Gasteiger partial charge in [0.15, 0.2) is 0 Å². The van der Waals surface area contributed by atoms with E-state index < -0.39 is 10.3 Å². The first-order valence-corrected chi connectivity index (χ1v) is 13.8.